The first-order chi connectivity index (χ1) is 16.3. The predicted molar refractivity (Wildman–Crippen MR) is 126 cm³/mol. The number of hydrogen-bond donors (Lipinski definition) is 1. The Kier molecular flexibility index (Phi) is 6.68. The molecule has 3 aromatic rings. The third kappa shape index (κ3) is 4.96. The number of rotatable bonds is 6. The van der Waals surface area contributed by atoms with Gasteiger partial charge in [0.05, 0.1) is 11.3 Å². The van der Waals surface area contributed by atoms with Gasteiger partial charge < -0.3 is 5.32 Å². The third-order valence-electron chi connectivity index (χ3n) is 6.10. The van der Waals surface area contributed by atoms with E-state index in [0.717, 1.165) is 36.1 Å². The van der Waals surface area contributed by atoms with Crippen LogP contribution in [0.5, 0.6) is 0 Å². The van der Waals surface area contributed by atoms with Crippen molar-refractivity contribution < 1.29 is 18.0 Å². The number of nitrogens with one attached hydrogen (secondary N) is 1. The Morgan fingerprint density at radius 3 is 2.38 bits per heavy atom. The number of carbonyl (C=O) groups excluding carboxylic acids is 1. The minimum atomic E-state index is -4.52. The number of hydrogen-bond acceptors (Lipinski definition) is 2. The van der Waals surface area contributed by atoms with Gasteiger partial charge in [-0.05, 0) is 55.2 Å². The Hall–Kier alpha value is -3.67. The molecule has 0 spiro atoms. The molecular formula is C28H25F3N2O. The fourth-order valence-electron chi connectivity index (χ4n) is 4.31. The van der Waals surface area contributed by atoms with Gasteiger partial charge in [0.25, 0.3) is 5.91 Å². The Morgan fingerprint density at radius 1 is 0.971 bits per heavy atom. The van der Waals surface area contributed by atoms with Crippen molar-refractivity contribution in [2.24, 2.45) is 0 Å². The Labute approximate surface area is 197 Å². The highest BCUT2D eigenvalue weighted by atomic mass is 19.4. The average Bonchev–Trinajstić information content (AvgIpc) is 2.84. The predicted octanol–water partition coefficient (Wildman–Crippen LogP) is 6.37. The van der Waals surface area contributed by atoms with Crippen LogP contribution in [-0.4, -0.2) is 10.9 Å². The molecule has 1 N–H and O–H groups in total. The van der Waals surface area contributed by atoms with Crippen LogP contribution in [0.25, 0.3) is 0 Å². The van der Waals surface area contributed by atoms with Crippen molar-refractivity contribution in [3.05, 3.63) is 125 Å². The second-order valence-corrected chi connectivity index (χ2v) is 8.45. The molecule has 0 radical (unpaired) electrons. The number of aromatic nitrogens is 1. The molecule has 174 valence electrons. The summed E-state index contributed by atoms with van der Waals surface area (Å²) in [4.78, 5) is 18.1. The van der Waals surface area contributed by atoms with E-state index in [1.807, 2.05) is 43.3 Å². The van der Waals surface area contributed by atoms with Gasteiger partial charge in [0.15, 0.2) is 0 Å². The average molecular weight is 463 g/mol. The fourth-order valence-corrected chi connectivity index (χ4v) is 4.31. The molecule has 34 heavy (non-hydrogen) atoms. The topological polar surface area (TPSA) is 42.0 Å². The molecule has 0 saturated heterocycles. The first-order valence-electron chi connectivity index (χ1n) is 11.1. The van der Waals surface area contributed by atoms with Crippen LogP contribution < -0.4 is 5.32 Å². The molecule has 3 nitrogen and oxygen atoms in total. The summed E-state index contributed by atoms with van der Waals surface area (Å²) in [7, 11) is 0. The third-order valence-corrected chi connectivity index (χ3v) is 6.10. The normalized spacial score (nSPS) is 15.6. The molecule has 6 heteroatoms. The summed E-state index contributed by atoms with van der Waals surface area (Å²) in [6, 6.07) is 19.8. The monoisotopic (exact) mass is 462 g/mol. The van der Waals surface area contributed by atoms with Crippen LogP contribution in [0.4, 0.5) is 13.2 Å². The number of benzene rings is 2. The van der Waals surface area contributed by atoms with Gasteiger partial charge in [0.1, 0.15) is 5.54 Å². The maximum Gasteiger partial charge on any atom is 0.416 e. The van der Waals surface area contributed by atoms with Gasteiger partial charge in [-0.1, -0.05) is 66.3 Å². The number of pyridine rings is 1. The minimum absolute atomic E-state index is 0.230. The molecule has 1 heterocycles. The lowest BCUT2D eigenvalue weighted by Crippen LogP contribution is -2.49. The lowest BCUT2D eigenvalue weighted by Gasteiger charge is -2.36. The quantitative estimate of drug-likeness (QED) is 0.463. The molecule has 1 unspecified atom stereocenters. The standard InChI is InChI=1S/C28H25F3N2O/c1-20-10-5-6-15-24(20)26(34)33-27(25-16-7-8-17-32-25,19-21-11-3-2-4-12-21)22-13-9-14-23(18-22)28(29,30)31/h2-4,6-9,11-18H,5,10,19H2,1H3,(H,33,34). The molecule has 0 bridgehead atoms. The van der Waals surface area contributed by atoms with Crippen molar-refractivity contribution >= 4 is 5.91 Å². The van der Waals surface area contributed by atoms with E-state index in [4.69, 9.17) is 0 Å². The van der Waals surface area contributed by atoms with Crippen molar-refractivity contribution in [1.82, 2.24) is 10.3 Å². The highest BCUT2D eigenvalue weighted by molar-refractivity contribution is 5.98. The molecule has 1 atom stereocenters. The smallest absolute Gasteiger partial charge is 0.337 e. The summed E-state index contributed by atoms with van der Waals surface area (Å²) >= 11 is 0. The first kappa shape index (κ1) is 23.5. The Balaban J connectivity index is 1.92. The van der Waals surface area contributed by atoms with E-state index in [1.165, 1.54) is 6.07 Å². The number of nitrogens with zero attached hydrogens (tertiary/aromatic N) is 1. The summed E-state index contributed by atoms with van der Waals surface area (Å²) in [5.74, 6) is -0.340. The molecule has 0 saturated carbocycles. The van der Waals surface area contributed by atoms with Gasteiger partial charge in [-0.15, -0.1) is 0 Å². The van der Waals surface area contributed by atoms with Crippen LogP contribution in [0.3, 0.4) is 0 Å². The maximum absolute atomic E-state index is 13.7. The van der Waals surface area contributed by atoms with Crippen molar-refractivity contribution in [2.45, 2.75) is 37.9 Å². The first-order valence-corrected chi connectivity index (χ1v) is 11.1. The zero-order chi connectivity index (χ0) is 24.2. The van der Waals surface area contributed by atoms with Crippen LogP contribution >= 0.6 is 0 Å². The SMILES string of the molecule is CC1=C(C(=O)NC(Cc2ccccc2)(c2cccc(C(F)(F)F)c2)c2ccccn2)C=CCC1. The van der Waals surface area contributed by atoms with Crippen LogP contribution in [0.2, 0.25) is 0 Å². The second-order valence-electron chi connectivity index (χ2n) is 8.45. The largest absolute Gasteiger partial charge is 0.416 e. The molecule has 1 aliphatic rings. The van der Waals surface area contributed by atoms with E-state index >= 15 is 0 Å². The maximum atomic E-state index is 13.7. The molecule has 2 aromatic carbocycles. The fraction of sp³-hybridized carbons (Fsp3) is 0.214. The number of alkyl halides is 3. The van der Waals surface area contributed by atoms with Crippen LogP contribution in [0, 0.1) is 0 Å². The number of halogens is 3. The molecule has 1 amide bonds. The summed E-state index contributed by atoms with van der Waals surface area (Å²) in [5.41, 5.74) is 1.02. The molecule has 0 aliphatic heterocycles. The van der Waals surface area contributed by atoms with Gasteiger partial charge in [-0.2, -0.15) is 13.2 Å². The van der Waals surface area contributed by atoms with Gasteiger partial charge in [-0.25, -0.2) is 0 Å². The highest BCUT2D eigenvalue weighted by Gasteiger charge is 2.40. The number of allylic oxidation sites excluding steroid dienone is 2. The highest BCUT2D eigenvalue weighted by Crippen LogP contribution is 2.37. The van der Waals surface area contributed by atoms with Gasteiger partial charge in [0, 0.05) is 18.2 Å². The lowest BCUT2D eigenvalue weighted by molar-refractivity contribution is -0.137. The van der Waals surface area contributed by atoms with E-state index in [-0.39, 0.29) is 12.3 Å². The molecule has 1 aromatic heterocycles. The van der Waals surface area contributed by atoms with Crippen LogP contribution in [-0.2, 0) is 22.9 Å². The molecule has 0 fully saturated rings. The summed E-state index contributed by atoms with van der Waals surface area (Å²) in [5, 5.41) is 3.11. The summed E-state index contributed by atoms with van der Waals surface area (Å²) in [6.07, 6.45) is 2.63. The van der Waals surface area contributed by atoms with E-state index < -0.39 is 17.3 Å². The van der Waals surface area contributed by atoms with Crippen molar-refractivity contribution in [1.29, 1.82) is 0 Å². The zero-order valence-corrected chi connectivity index (χ0v) is 18.8. The summed E-state index contributed by atoms with van der Waals surface area (Å²) in [6.45, 7) is 1.91. The zero-order valence-electron chi connectivity index (χ0n) is 18.8. The molecule has 4 rings (SSSR count). The van der Waals surface area contributed by atoms with Gasteiger partial charge in [0.2, 0.25) is 0 Å². The molecule has 1 aliphatic carbocycles. The lowest BCUT2D eigenvalue weighted by atomic mass is 9.79. The van der Waals surface area contributed by atoms with E-state index in [2.05, 4.69) is 10.3 Å². The summed E-state index contributed by atoms with van der Waals surface area (Å²) < 4.78 is 41.0. The van der Waals surface area contributed by atoms with E-state index in [9.17, 15) is 18.0 Å². The van der Waals surface area contributed by atoms with Crippen molar-refractivity contribution in [3.63, 3.8) is 0 Å². The van der Waals surface area contributed by atoms with E-state index in [1.54, 1.807) is 36.5 Å². The number of carbonyl (C=O) groups is 1. The van der Waals surface area contributed by atoms with Crippen LogP contribution in [0.1, 0.15) is 42.1 Å². The van der Waals surface area contributed by atoms with Crippen molar-refractivity contribution in [3.8, 4) is 0 Å². The Bertz CT molecular complexity index is 1220. The number of amides is 1. The van der Waals surface area contributed by atoms with Gasteiger partial charge >= 0.3 is 6.18 Å². The van der Waals surface area contributed by atoms with E-state index in [0.29, 0.717) is 16.8 Å². The Morgan fingerprint density at radius 2 is 1.71 bits per heavy atom. The van der Waals surface area contributed by atoms with Gasteiger partial charge in [-0.3, -0.25) is 9.78 Å². The second kappa shape index (κ2) is 9.67. The van der Waals surface area contributed by atoms with Crippen molar-refractivity contribution in [2.75, 3.05) is 0 Å². The van der Waals surface area contributed by atoms with Crippen LogP contribution in [0.15, 0.2) is 102 Å². The minimum Gasteiger partial charge on any atom is -0.337 e. The molecular weight excluding hydrogens is 437 g/mol.